The molecule has 0 amide bonds. The Balaban J connectivity index is 2.35. The summed E-state index contributed by atoms with van der Waals surface area (Å²) in [5.74, 6) is -2.01. The minimum absolute atomic E-state index is 0.500. The summed E-state index contributed by atoms with van der Waals surface area (Å²) in [6.07, 6.45) is -9.51. The highest BCUT2D eigenvalue weighted by Gasteiger charge is 2.36. The van der Waals surface area contributed by atoms with Crippen molar-refractivity contribution in [3.8, 4) is 0 Å². The molecule has 9 heteroatoms. The van der Waals surface area contributed by atoms with Gasteiger partial charge in [0.1, 0.15) is 0 Å². The van der Waals surface area contributed by atoms with Gasteiger partial charge in [0.15, 0.2) is 9.84 Å². The molecular weight excluding hydrogens is 370 g/mol. The maximum Gasteiger partial charge on any atom is 0.416 e. The van der Waals surface area contributed by atoms with E-state index in [1.54, 1.807) is 0 Å². The lowest BCUT2D eigenvalue weighted by molar-refractivity contribution is -0.138. The normalized spacial score (nSPS) is 13.0. The summed E-state index contributed by atoms with van der Waals surface area (Å²) in [4.78, 5) is 0. The topological polar surface area (TPSA) is 34.1 Å². The third kappa shape index (κ3) is 4.97. The minimum Gasteiger partial charge on any atom is -0.228 e. The van der Waals surface area contributed by atoms with Crippen LogP contribution in [0.4, 0.5) is 26.3 Å². The first-order chi connectivity index (χ1) is 11.4. The molecule has 0 unspecified atom stereocenters. The number of rotatable bonds is 4. The van der Waals surface area contributed by atoms with Crippen LogP contribution in [0.25, 0.3) is 0 Å². The van der Waals surface area contributed by atoms with E-state index in [1.165, 1.54) is 12.1 Å². The van der Waals surface area contributed by atoms with Crippen molar-refractivity contribution in [2.75, 3.05) is 0 Å². The van der Waals surface area contributed by atoms with Crippen molar-refractivity contribution in [3.05, 3.63) is 70.8 Å². The average Bonchev–Trinajstić information content (AvgIpc) is 2.45. The Labute approximate surface area is 140 Å². The van der Waals surface area contributed by atoms with Crippen molar-refractivity contribution >= 4 is 9.84 Å². The van der Waals surface area contributed by atoms with Gasteiger partial charge in [0.2, 0.25) is 0 Å². The summed E-state index contributed by atoms with van der Waals surface area (Å²) in [5.41, 5.74) is -3.25. The maximum absolute atomic E-state index is 12.9. The van der Waals surface area contributed by atoms with Gasteiger partial charge in [0, 0.05) is 0 Å². The number of halogens is 6. The molecule has 25 heavy (non-hydrogen) atoms. The lowest BCUT2D eigenvalue weighted by atomic mass is 10.1. The van der Waals surface area contributed by atoms with Crippen LogP contribution in [0.3, 0.4) is 0 Å². The third-order valence-electron chi connectivity index (χ3n) is 3.40. The molecule has 0 saturated carbocycles. The van der Waals surface area contributed by atoms with Gasteiger partial charge < -0.3 is 0 Å². The summed E-state index contributed by atoms with van der Waals surface area (Å²) in [7, 11) is -4.25. The standard InChI is InChI=1S/C16H12F6O2S/c17-15(18,19)13-7-3-1-5-11(13)9-25(23,24)10-12-6-2-4-8-14(12)16(20,21)22/h1-8H,9-10H2. The molecule has 2 aromatic carbocycles. The zero-order valence-electron chi connectivity index (χ0n) is 12.5. The monoisotopic (exact) mass is 382 g/mol. The van der Waals surface area contributed by atoms with Gasteiger partial charge in [-0.1, -0.05) is 36.4 Å². The van der Waals surface area contributed by atoms with E-state index in [-0.39, 0.29) is 0 Å². The molecule has 0 aliphatic rings. The molecular formula is C16H12F6O2S. The Hall–Kier alpha value is -2.03. The molecule has 2 nitrogen and oxygen atoms in total. The van der Waals surface area contributed by atoms with Gasteiger partial charge >= 0.3 is 12.4 Å². The van der Waals surface area contributed by atoms with Crippen molar-refractivity contribution in [3.63, 3.8) is 0 Å². The van der Waals surface area contributed by atoms with Gasteiger partial charge in [0.05, 0.1) is 22.6 Å². The van der Waals surface area contributed by atoms with Crippen LogP contribution < -0.4 is 0 Å². The van der Waals surface area contributed by atoms with Gasteiger partial charge in [-0.3, -0.25) is 0 Å². The zero-order valence-corrected chi connectivity index (χ0v) is 13.3. The summed E-state index contributed by atoms with van der Waals surface area (Å²) in [6.45, 7) is 0. The first-order valence-corrected chi connectivity index (χ1v) is 8.73. The second-order valence-electron chi connectivity index (χ2n) is 5.34. The lowest BCUT2D eigenvalue weighted by Crippen LogP contribution is -2.16. The Morgan fingerprint density at radius 2 is 0.960 bits per heavy atom. The van der Waals surface area contributed by atoms with Crippen LogP contribution >= 0.6 is 0 Å². The fourth-order valence-electron chi connectivity index (χ4n) is 2.37. The van der Waals surface area contributed by atoms with E-state index >= 15 is 0 Å². The molecule has 0 aliphatic carbocycles. The third-order valence-corrected chi connectivity index (χ3v) is 4.90. The highest BCUT2D eigenvalue weighted by atomic mass is 32.2. The molecule has 0 aromatic heterocycles. The number of alkyl halides is 6. The highest BCUT2D eigenvalue weighted by Crippen LogP contribution is 2.35. The molecule has 136 valence electrons. The molecule has 2 aromatic rings. The van der Waals surface area contributed by atoms with Gasteiger partial charge in [-0.05, 0) is 23.3 Å². The largest absolute Gasteiger partial charge is 0.416 e. The molecule has 0 saturated heterocycles. The molecule has 0 fully saturated rings. The Morgan fingerprint density at radius 1 is 0.640 bits per heavy atom. The molecule has 0 heterocycles. The van der Waals surface area contributed by atoms with Crippen molar-refractivity contribution in [1.82, 2.24) is 0 Å². The second-order valence-corrected chi connectivity index (χ2v) is 7.41. The van der Waals surface area contributed by atoms with Crippen molar-refractivity contribution in [2.45, 2.75) is 23.9 Å². The summed E-state index contributed by atoms with van der Waals surface area (Å²) < 4.78 is 102. The van der Waals surface area contributed by atoms with Gasteiger partial charge in [0.25, 0.3) is 0 Å². The molecule has 0 aliphatic heterocycles. The van der Waals surface area contributed by atoms with E-state index in [0.717, 1.165) is 36.4 Å². The molecule has 0 N–H and O–H groups in total. The minimum atomic E-state index is -4.75. The van der Waals surface area contributed by atoms with Crippen LogP contribution in [-0.4, -0.2) is 8.42 Å². The Kier molecular flexibility index (Phi) is 5.17. The van der Waals surface area contributed by atoms with Crippen LogP contribution in [0, 0.1) is 0 Å². The van der Waals surface area contributed by atoms with Crippen LogP contribution in [0.15, 0.2) is 48.5 Å². The van der Waals surface area contributed by atoms with Crippen LogP contribution in [-0.2, 0) is 33.7 Å². The van der Waals surface area contributed by atoms with Crippen LogP contribution in [0.1, 0.15) is 22.3 Å². The smallest absolute Gasteiger partial charge is 0.228 e. The van der Waals surface area contributed by atoms with Gasteiger partial charge in [-0.2, -0.15) is 26.3 Å². The first-order valence-electron chi connectivity index (χ1n) is 6.91. The molecule has 0 radical (unpaired) electrons. The molecule has 0 atom stereocenters. The van der Waals surface area contributed by atoms with E-state index in [1.807, 2.05) is 0 Å². The molecule has 2 rings (SSSR count). The van der Waals surface area contributed by atoms with Crippen molar-refractivity contribution < 1.29 is 34.8 Å². The number of hydrogen-bond donors (Lipinski definition) is 0. The molecule has 0 bridgehead atoms. The zero-order chi connectivity index (χ0) is 18.9. The Morgan fingerprint density at radius 3 is 1.28 bits per heavy atom. The Bertz CT molecular complexity index is 788. The number of sulfone groups is 1. The van der Waals surface area contributed by atoms with E-state index in [4.69, 9.17) is 0 Å². The van der Waals surface area contributed by atoms with E-state index in [2.05, 4.69) is 0 Å². The fraction of sp³-hybridized carbons (Fsp3) is 0.250. The highest BCUT2D eigenvalue weighted by molar-refractivity contribution is 7.89. The van der Waals surface area contributed by atoms with Crippen molar-refractivity contribution in [1.29, 1.82) is 0 Å². The SMILES string of the molecule is O=S(=O)(Cc1ccccc1C(F)(F)F)Cc1ccccc1C(F)(F)F. The van der Waals surface area contributed by atoms with E-state index in [0.29, 0.717) is 0 Å². The van der Waals surface area contributed by atoms with Gasteiger partial charge in [-0.25, -0.2) is 8.42 Å². The average molecular weight is 382 g/mol. The first kappa shape index (κ1) is 19.3. The predicted molar refractivity (Wildman–Crippen MR) is 79.2 cm³/mol. The summed E-state index contributed by atoms with van der Waals surface area (Å²) in [5, 5.41) is 0. The van der Waals surface area contributed by atoms with Crippen LogP contribution in [0.2, 0.25) is 0 Å². The summed E-state index contributed by atoms with van der Waals surface area (Å²) >= 11 is 0. The lowest BCUT2D eigenvalue weighted by Gasteiger charge is -2.15. The number of benzene rings is 2. The van der Waals surface area contributed by atoms with E-state index < -0.39 is 55.9 Å². The predicted octanol–water partition coefficient (Wildman–Crippen LogP) is 4.84. The molecule has 0 spiro atoms. The van der Waals surface area contributed by atoms with Gasteiger partial charge in [-0.15, -0.1) is 0 Å². The second kappa shape index (κ2) is 6.70. The quantitative estimate of drug-likeness (QED) is 0.710. The number of hydrogen-bond acceptors (Lipinski definition) is 2. The van der Waals surface area contributed by atoms with Crippen molar-refractivity contribution in [2.24, 2.45) is 0 Å². The maximum atomic E-state index is 12.9. The fourth-order valence-corrected chi connectivity index (χ4v) is 3.92. The summed E-state index contributed by atoms with van der Waals surface area (Å²) in [6, 6.07) is 8.15. The van der Waals surface area contributed by atoms with Crippen LogP contribution in [0.5, 0.6) is 0 Å². The van der Waals surface area contributed by atoms with E-state index in [9.17, 15) is 34.8 Å².